The van der Waals surface area contributed by atoms with Crippen molar-refractivity contribution in [3.8, 4) is 5.75 Å². The fourth-order valence-electron chi connectivity index (χ4n) is 4.93. The number of methoxy groups -OCH3 is 1. The fourth-order valence-corrected chi connectivity index (χ4v) is 5.47. The normalized spacial score (nSPS) is 13.6. The van der Waals surface area contributed by atoms with Crippen LogP contribution in [0.2, 0.25) is 10.0 Å². The number of amides is 3. The number of benzene rings is 3. The summed E-state index contributed by atoms with van der Waals surface area (Å²) < 4.78 is 72.4. The first-order valence-electron chi connectivity index (χ1n) is 14.9. The Morgan fingerprint density at radius 3 is 1.94 bits per heavy atom. The van der Waals surface area contributed by atoms with Crippen molar-refractivity contribution >= 4 is 46.7 Å². The third-order valence-corrected chi connectivity index (χ3v) is 7.86. The first kappa shape index (κ1) is 39.2. The largest absolute Gasteiger partial charge is 0.497 e. The van der Waals surface area contributed by atoms with Crippen LogP contribution in [-0.2, 0) is 25.6 Å². The second-order valence-corrected chi connectivity index (χ2v) is 12.4. The molecule has 0 fully saturated rings. The molecule has 8 nitrogen and oxygen atoms in total. The molecule has 15 heteroatoms. The minimum Gasteiger partial charge on any atom is -0.497 e. The van der Waals surface area contributed by atoms with Crippen LogP contribution in [0.1, 0.15) is 42.9 Å². The Morgan fingerprint density at radius 2 is 1.41 bits per heavy atom. The summed E-state index contributed by atoms with van der Waals surface area (Å²) in [7, 11) is 1.50. The van der Waals surface area contributed by atoms with Crippen molar-refractivity contribution in [1.29, 1.82) is 0 Å². The van der Waals surface area contributed by atoms with Gasteiger partial charge in [-0.25, -0.2) is 0 Å². The maximum absolute atomic E-state index is 14.8. The van der Waals surface area contributed by atoms with E-state index >= 15 is 0 Å². The Morgan fingerprint density at radius 1 is 0.816 bits per heavy atom. The predicted octanol–water partition coefficient (Wildman–Crippen LogP) is 6.28. The molecule has 0 spiro atoms. The predicted molar refractivity (Wildman–Crippen MR) is 174 cm³/mol. The Balaban J connectivity index is 1.90. The lowest BCUT2D eigenvalue weighted by atomic mass is 9.88. The van der Waals surface area contributed by atoms with Crippen LogP contribution in [0, 0.1) is 5.92 Å². The van der Waals surface area contributed by atoms with Crippen LogP contribution in [0.15, 0.2) is 72.8 Å². The van der Waals surface area contributed by atoms with E-state index in [0.717, 1.165) is 5.32 Å². The first-order chi connectivity index (χ1) is 22.9. The Kier molecular flexibility index (Phi) is 13.5. The molecule has 49 heavy (non-hydrogen) atoms. The third kappa shape index (κ3) is 11.4. The van der Waals surface area contributed by atoms with E-state index in [2.05, 4.69) is 10.6 Å². The maximum atomic E-state index is 14.8. The van der Waals surface area contributed by atoms with E-state index < -0.39 is 66.1 Å². The monoisotopic (exact) mass is 729 g/mol. The number of rotatable bonds is 15. The van der Waals surface area contributed by atoms with E-state index in [1.165, 1.54) is 27.0 Å². The summed E-state index contributed by atoms with van der Waals surface area (Å²) >= 11 is 12.5. The van der Waals surface area contributed by atoms with Gasteiger partial charge in [-0.1, -0.05) is 79.5 Å². The minimum atomic E-state index is -5.01. The van der Waals surface area contributed by atoms with Crippen molar-refractivity contribution < 1.29 is 45.9 Å². The summed E-state index contributed by atoms with van der Waals surface area (Å²) in [6, 6.07) is 16.6. The molecule has 0 aliphatic heterocycles. The standard InChI is InChI=1S/C34H34Cl2F5N3O5/c1-19(2)29(30(46)34(40,41)32(48)42-18-33(37,38)39)44-31(47)27(13-20-7-5-4-6-8-20)43-28(45)17-26(21-9-11-25(49-3)12-10-21)22-14-23(35)16-24(36)15-22/h4-12,14-16,19,26-27,29H,13,17-18H2,1-3H3,(H,42,48)(H,43,45)(H,44,47)/t26?,27?,29-/m0/s1. The molecule has 3 aromatic rings. The second kappa shape index (κ2) is 16.9. The van der Waals surface area contributed by atoms with Crippen molar-refractivity contribution in [2.75, 3.05) is 13.7 Å². The molecule has 264 valence electrons. The highest BCUT2D eigenvalue weighted by molar-refractivity contribution is 6.34. The molecule has 3 rings (SSSR count). The van der Waals surface area contributed by atoms with Crippen LogP contribution in [0.3, 0.4) is 0 Å². The molecule has 0 saturated carbocycles. The van der Waals surface area contributed by atoms with Crippen molar-refractivity contribution in [2.24, 2.45) is 5.92 Å². The van der Waals surface area contributed by atoms with Crippen LogP contribution in [0.4, 0.5) is 22.0 Å². The smallest absolute Gasteiger partial charge is 0.405 e. The van der Waals surface area contributed by atoms with Gasteiger partial charge in [-0.2, -0.15) is 22.0 Å². The van der Waals surface area contributed by atoms with Crippen molar-refractivity contribution in [3.05, 3.63) is 99.5 Å². The second-order valence-electron chi connectivity index (χ2n) is 11.5. The van der Waals surface area contributed by atoms with Crippen molar-refractivity contribution in [1.82, 2.24) is 16.0 Å². The summed E-state index contributed by atoms with van der Waals surface area (Å²) in [5.74, 6) is -12.3. The zero-order valence-corrected chi connectivity index (χ0v) is 28.1. The lowest BCUT2D eigenvalue weighted by Gasteiger charge is -2.28. The Bertz CT molecular complexity index is 1600. The summed E-state index contributed by atoms with van der Waals surface area (Å²) in [6.07, 6.45) is -5.36. The van der Waals surface area contributed by atoms with E-state index in [1.807, 2.05) is 0 Å². The van der Waals surface area contributed by atoms with Gasteiger partial charge in [0.15, 0.2) is 0 Å². The molecular formula is C34H34Cl2F5N3O5. The number of ether oxygens (including phenoxy) is 1. The summed E-state index contributed by atoms with van der Waals surface area (Å²) in [4.78, 5) is 52.0. The first-order valence-corrected chi connectivity index (χ1v) is 15.7. The average molecular weight is 731 g/mol. The van der Waals surface area contributed by atoms with Gasteiger partial charge in [0.2, 0.25) is 17.6 Å². The highest BCUT2D eigenvalue weighted by Gasteiger charge is 2.52. The Hall–Kier alpha value is -4.23. The average Bonchev–Trinajstić information content (AvgIpc) is 3.03. The number of carbonyl (C=O) groups is 4. The van der Waals surface area contributed by atoms with Gasteiger partial charge in [-0.3, -0.25) is 19.2 Å². The Labute approximate surface area is 289 Å². The van der Waals surface area contributed by atoms with E-state index in [4.69, 9.17) is 27.9 Å². The zero-order valence-electron chi connectivity index (χ0n) is 26.5. The number of Topliss-reactive ketones (excluding diaryl/α,β-unsaturated/α-hetero) is 1. The molecule has 0 heterocycles. The van der Waals surface area contributed by atoms with Gasteiger partial charge >= 0.3 is 12.1 Å². The highest BCUT2D eigenvalue weighted by Crippen LogP contribution is 2.33. The summed E-state index contributed by atoms with van der Waals surface area (Å²) in [6.45, 7) is 0.511. The van der Waals surface area contributed by atoms with Crippen LogP contribution in [-0.4, -0.2) is 61.3 Å². The number of halogens is 7. The lowest BCUT2D eigenvalue weighted by Crippen LogP contribution is -2.59. The molecule has 3 N–H and O–H groups in total. The van der Waals surface area contributed by atoms with Gasteiger partial charge in [-0.05, 0) is 52.9 Å². The van der Waals surface area contributed by atoms with Gasteiger partial charge in [0.05, 0.1) is 13.2 Å². The van der Waals surface area contributed by atoms with Crippen molar-refractivity contribution in [3.63, 3.8) is 0 Å². The number of ketones is 1. The number of hydrogen-bond donors (Lipinski definition) is 3. The molecule has 2 unspecified atom stereocenters. The fraction of sp³-hybridized carbons (Fsp3) is 0.353. The topological polar surface area (TPSA) is 114 Å². The number of nitrogens with one attached hydrogen (secondary N) is 3. The van der Waals surface area contributed by atoms with Crippen molar-refractivity contribution in [2.45, 2.75) is 56.8 Å². The molecule has 3 aromatic carbocycles. The molecule has 0 bridgehead atoms. The van der Waals surface area contributed by atoms with Gasteiger partial charge in [0.1, 0.15) is 18.3 Å². The van der Waals surface area contributed by atoms with Crippen LogP contribution < -0.4 is 20.7 Å². The minimum absolute atomic E-state index is 0.129. The van der Waals surface area contributed by atoms with Gasteiger partial charge < -0.3 is 20.7 Å². The number of hydrogen-bond acceptors (Lipinski definition) is 5. The molecule has 3 amide bonds. The van der Waals surface area contributed by atoms with Crippen LogP contribution in [0.25, 0.3) is 0 Å². The third-order valence-electron chi connectivity index (χ3n) is 7.42. The molecule has 0 aromatic heterocycles. The van der Waals surface area contributed by atoms with Crippen LogP contribution in [0.5, 0.6) is 5.75 Å². The van der Waals surface area contributed by atoms with E-state index in [1.54, 1.807) is 66.7 Å². The van der Waals surface area contributed by atoms with Gasteiger partial charge in [0, 0.05) is 28.8 Å². The molecule has 0 saturated heterocycles. The molecule has 0 radical (unpaired) electrons. The highest BCUT2D eigenvalue weighted by atomic mass is 35.5. The van der Waals surface area contributed by atoms with Gasteiger partial charge in [-0.15, -0.1) is 0 Å². The SMILES string of the molecule is COc1ccc(C(CC(=O)NC(Cc2ccccc2)C(=O)N[C@H](C(=O)C(F)(F)C(=O)NCC(F)(F)F)C(C)C)c2cc(Cl)cc(Cl)c2)cc1. The van der Waals surface area contributed by atoms with E-state index in [9.17, 15) is 41.1 Å². The maximum Gasteiger partial charge on any atom is 0.405 e. The molecule has 3 atom stereocenters. The summed E-state index contributed by atoms with van der Waals surface area (Å²) in [5, 5.41) is 6.44. The molecule has 0 aliphatic carbocycles. The number of carbonyl (C=O) groups excluding carboxylic acids is 4. The van der Waals surface area contributed by atoms with E-state index in [0.29, 0.717) is 32.5 Å². The summed E-state index contributed by atoms with van der Waals surface area (Å²) in [5.41, 5.74) is 1.83. The van der Waals surface area contributed by atoms with E-state index in [-0.39, 0.29) is 12.8 Å². The van der Waals surface area contributed by atoms with Gasteiger partial charge in [0.25, 0.3) is 5.91 Å². The quantitative estimate of drug-likeness (QED) is 0.126. The molecular weight excluding hydrogens is 696 g/mol. The molecule has 0 aliphatic rings. The van der Waals surface area contributed by atoms with Crippen LogP contribution >= 0.6 is 23.2 Å². The zero-order chi connectivity index (χ0) is 36.5. The number of alkyl halides is 5. The lowest BCUT2D eigenvalue weighted by molar-refractivity contribution is -0.165.